The number of imidazole rings is 1. The number of anilines is 2. The molecule has 3 N–H and O–H groups in total. The van der Waals surface area contributed by atoms with Crippen molar-refractivity contribution in [2.45, 2.75) is 13.5 Å². The molecule has 0 saturated heterocycles. The van der Waals surface area contributed by atoms with Gasteiger partial charge in [-0.25, -0.2) is 9.97 Å². The quantitative estimate of drug-likeness (QED) is 0.672. The number of nitrogens with one attached hydrogen (secondary N) is 3. The van der Waals surface area contributed by atoms with Crippen LogP contribution in [0.15, 0.2) is 11.8 Å². The van der Waals surface area contributed by atoms with E-state index in [2.05, 4.69) is 35.6 Å². The number of nitrogens with zero attached hydrogens (tertiary/aromatic N) is 4. The Morgan fingerprint density at radius 1 is 1.32 bits per heavy atom. The number of hydrogen-bond donors (Lipinski definition) is 3. The topological polar surface area (TPSA) is 91.4 Å². The number of thiazole rings is 1. The van der Waals surface area contributed by atoms with Crippen molar-refractivity contribution in [3.05, 3.63) is 22.4 Å². The van der Waals surface area contributed by atoms with Crippen molar-refractivity contribution in [3.8, 4) is 0 Å². The first-order valence-corrected chi connectivity index (χ1v) is 6.67. The van der Waals surface area contributed by atoms with Gasteiger partial charge in [0.15, 0.2) is 11.5 Å². The van der Waals surface area contributed by atoms with Crippen molar-refractivity contribution in [2.75, 3.05) is 17.7 Å². The van der Waals surface area contributed by atoms with E-state index in [0.717, 1.165) is 17.0 Å². The van der Waals surface area contributed by atoms with Crippen LogP contribution in [0.25, 0.3) is 11.2 Å². The zero-order valence-corrected chi connectivity index (χ0v) is 11.4. The third kappa shape index (κ3) is 2.22. The maximum atomic E-state index is 4.40. The van der Waals surface area contributed by atoms with Crippen molar-refractivity contribution >= 4 is 34.3 Å². The Kier molecular flexibility index (Phi) is 3.00. The van der Waals surface area contributed by atoms with Gasteiger partial charge in [-0.05, 0) is 6.92 Å². The van der Waals surface area contributed by atoms with Crippen LogP contribution in [0.2, 0.25) is 0 Å². The second kappa shape index (κ2) is 4.81. The van der Waals surface area contributed by atoms with Gasteiger partial charge in [0, 0.05) is 11.9 Å². The lowest BCUT2D eigenvalue weighted by Crippen LogP contribution is -2.05. The van der Waals surface area contributed by atoms with E-state index in [1.165, 1.54) is 4.88 Å². The van der Waals surface area contributed by atoms with Crippen LogP contribution in [0.3, 0.4) is 0 Å². The van der Waals surface area contributed by atoms with Gasteiger partial charge in [-0.3, -0.25) is 0 Å². The molecule has 0 spiro atoms. The third-order valence-corrected chi connectivity index (χ3v) is 3.71. The minimum atomic E-state index is 0.545. The molecule has 0 aromatic carbocycles. The molecule has 7 nitrogen and oxygen atoms in total. The Labute approximate surface area is 113 Å². The molecule has 8 heteroatoms. The second-order valence-electron chi connectivity index (χ2n) is 3.96. The summed E-state index contributed by atoms with van der Waals surface area (Å²) in [5, 5.41) is 6.23. The first-order valence-electron chi connectivity index (χ1n) is 5.79. The standard InChI is InChI=1S/C11H13N7S/c1-6-7(19-5-16-6)3-13-9-8-10(15-4-14-8)18-11(12-2)17-9/h4-5H,3H2,1-2H3,(H3,12,13,14,15,17,18). The summed E-state index contributed by atoms with van der Waals surface area (Å²) < 4.78 is 0. The van der Waals surface area contributed by atoms with Crippen molar-refractivity contribution < 1.29 is 0 Å². The Morgan fingerprint density at radius 2 is 2.21 bits per heavy atom. The molecular weight excluding hydrogens is 262 g/mol. The van der Waals surface area contributed by atoms with Crippen LogP contribution >= 0.6 is 11.3 Å². The third-order valence-electron chi connectivity index (χ3n) is 2.77. The summed E-state index contributed by atoms with van der Waals surface area (Å²) in [7, 11) is 1.78. The number of aryl methyl sites for hydroxylation is 1. The maximum Gasteiger partial charge on any atom is 0.226 e. The molecule has 0 atom stereocenters. The first kappa shape index (κ1) is 11.8. The molecule has 98 valence electrons. The van der Waals surface area contributed by atoms with Gasteiger partial charge in [-0.2, -0.15) is 9.97 Å². The normalized spacial score (nSPS) is 10.8. The Balaban J connectivity index is 1.91. The molecule has 0 radical (unpaired) electrons. The van der Waals surface area contributed by atoms with Crippen molar-refractivity contribution in [3.63, 3.8) is 0 Å². The lowest BCUT2D eigenvalue weighted by Gasteiger charge is -2.07. The lowest BCUT2D eigenvalue weighted by atomic mass is 10.4. The molecule has 3 rings (SSSR count). The summed E-state index contributed by atoms with van der Waals surface area (Å²) in [6.45, 7) is 2.68. The molecule has 3 heterocycles. The summed E-state index contributed by atoms with van der Waals surface area (Å²) in [6, 6.07) is 0. The number of rotatable bonds is 4. The minimum absolute atomic E-state index is 0.545. The van der Waals surface area contributed by atoms with Gasteiger partial charge in [-0.15, -0.1) is 11.3 Å². The van der Waals surface area contributed by atoms with E-state index in [1.807, 2.05) is 12.4 Å². The van der Waals surface area contributed by atoms with Crippen LogP contribution in [-0.4, -0.2) is 32.0 Å². The van der Waals surface area contributed by atoms with Crippen molar-refractivity contribution in [1.82, 2.24) is 24.9 Å². The molecular formula is C11H13N7S. The Bertz CT molecular complexity index is 702. The summed E-state index contributed by atoms with van der Waals surface area (Å²) in [5.41, 5.74) is 4.34. The fourth-order valence-electron chi connectivity index (χ4n) is 1.73. The molecule has 3 aromatic rings. The number of H-pyrrole nitrogens is 1. The number of aromatic nitrogens is 5. The van der Waals surface area contributed by atoms with Gasteiger partial charge in [0.2, 0.25) is 5.95 Å². The van der Waals surface area contributed by atoms with Crippen LogP contribution in [0.5, 0.6) is 0 Å². The fourth-order valence-corrected chi connectivity index (χ4v) is 2.45. The van der Waals surface area contributed by atoms with E-state index >= 15 is 0 Å². The highest BCUT2D eigenvalue weighted by Gasteiger charge is 2.10. The zero-order chi connectivity index (χ0) is 13.2. The highest BCUT2D eigenvalue weighted by Crippen LogP contribution is 2.20. The van der Waals surface area contributed by atoms with Crippen LogP contribution in [0.1, 0.15) is 10.6 Å². The molecule has 0 aliphatic heterocycles. The fraction of sp³-hybridized carbons (Fsp3) is 0.273. The number of hydrogen-bond acceptors (Lipinski definition) is 7. The monoisotopic (exact) mass is 275 g/mol. The average Bonchev–Trinajstić information content (AvgIpc) is 3.04. The highest BCUT2D eigenvalue weighted by atomic mass is 32.1. The van der Waals surface area contributed by atoms with Crippen LogP contribution in [-0.2, 0) is 6.54 Å². The van der Waals surface area contributed by atoms with Crippen LogP contribution < -0.4 is 10.6 Å². The van der Waals surface area contributed by atoms with Gasteiger partial charge < -0.3 is 15.6 Å². The highest BCUT2D eigenvalue weighted by molar-refractivity contribution is 7.09. The zero-order valence-electron chi connectivity index (χ0n) is 10.6. The van der Waals surface area contributed by atoms with Crippen molar-refractivity contribution in [2.24, 2.45) is 0 Å². The minimum Gasteiger partial charge on any atom is -0.363 e. The van der Waals surface area contributed by atoms with E-state index in [9.17, 15) is 0 Å². The predicted octanol–water partition coefficient (Wildman–Crippen LogP) is 1.77. The molecule has 0 aliphatic carbocycles. The lowest BCUT2D eigenvalue weighted by molar-refractivity contribution is 1.08. The summed E-state index contributed by atoms with van der Waals surface area (Å²) in [4.78, 5) is 21.3. The molecule has 0 fully saturated rings. The van der Waals surface area contributed by atoms with Gasteiger partial charge in [0.25, 0.3) is 0 Å². The van der Waals surface area contributed by atoms with E-state index in [-0.39, 0.29) is 0 Å². The summed E-state index contributed by atoms with van der Waals surface area (Å²) in [5.74, 6) is 1.28. The molecule has 19 heavy (non-hydrogen) atoms. The number of fused-ring (bicyclic) bond motifs is 1. The van der Waals surface area contributed by atoms with Gasteiger partial charge in [-0.1, -0.05) is 0 Å². The van der Waals surface area contributed by atoms with E-state index in [0.29, 0.717) is 18.1 Å². The first-order chi connectivity index (χ1) is 9.28. The predicted molar refractivity (Wildman–Crippen MR) is 75.4 cm³/mol. The molecule has 3 aromatic heterocycles. The van der Waals surface area contributed by atoms with Gasteiger partial charge in [0.1, 0.15) is 5.52 Å². The Morgan fingerprint density at radius 3 is 2.95 bits per heavy atom. The van der Waals surface area contributed by atoms with Crippen LogP contribution in [0.4, 0.5) is 11.8 Å². The van der Waals surface area contributed by atoms with Crippen LogP contribution in [0, 0.1) is 6.92 Å². The molecule has 0 unspecified atom stereocenters. The molecule has 0 bridgehead atoms. The number of aromatic amines is 1. The smallest absolute Gasteiger partial charge is 0.226 e. The maximum absolute atomic E-state index is 4.40. The van der Waals surface area contributed by atoms with E-state index in [4.69, 9.17) is 0 Å². The van der Waals surface area contributed by atoms with E-state index in [1.54, 1.807) is 24.7 Å². The average molecular weight is 275 g/mol. The van der Waals surface area contributed by atoms with Gasteiger partial charge >= 0.3 is 0 Å². The summed E-state index contributed by atoms with van der Waals surface area (Å²) >= 11 is 1.63. The summed E-state index contributed by atoms with van der Waals surface area (Å²) in [6.07, 6.45) is 1.61. The van der Waals surface area contributed by atoms with E-state index < -0.39 is 0 Å². The molecule has 0 amide bonds. The van der Waals surface area contributed by atoms with Crippen molar-refractivity contribution in [1.29, 1.82) is 0 Å². The molecule has 0 saturated carbocycles. The SMILES string of the molecule is CNc1nc(NCc2scnc2C)c2[nH]cnc2n1. The largest absolute Gasteiger partial charge is 0.363 e. The second-order valence-corrected chi connectivity index (χ2v) is 4.90. The van der Waals surface area contributed by atoms with Gasteiger partial charge in [0.05, 0.1) is 24.1 Å². The Hall–Kier alpha value is -2.22. The molecule has 0 aliphatic rings.